The van der Waals surface area contributed by atoms with E-state index in [1.807, 2.05) is 25.2 Å². The molecule has 0 fully saturated rings. The topological polar surface area (TPSA) is 64.4 Å². The van der Waals surface area contributed by atoms with Gasteiger partial charge in [0.1, 0.15) is 0 Å². The van der Waals surface area contributed by atoms with E-state index in [1.165, 1.54) is 0 Å². The zero-order valence-electron chi connectivity index (χ0n) is 10.8. The minimum atomic E-state index is -0.0588. The molecule has 0 aliphatic rings. The van der Waals surface area contributed by atoms with Crippen LogP contribution in [0.4, 0.5) is 0 Å². The maximum Gasteiger partial charge on any atom is 0.186 e. The summed E-state index contributed by atoms with van der Waals surface area (Å²) in [7, 11) is 0. The van der Waals surface area contributed by atoms with Crippen LogP contribution in [0.2, 0.25) is 0 Å². The van der Waals surface area contributed by atoms with Crippen LogP contribution < -0.4 is 11.5 Å². The first-order chi connectivity index (χ1) is 8.15. The number of hydrogen-bond acceptors (Lipinski definition) is 1. The molecule has 0 saturated carbocycles. The van der Waals surface area contributed by atoms with Crippen LogP contribution in [0.3, 0.4) is 0 Å². The van der Waals surface area contributed by atoms with Crippen molar-refractivity contribution in [2.45, 2.75) is 32.7 Å². The molecule has 0 aromatic rings. The molecule has 17 heavy (non-hydrogen) atoms. The Morgan fingerprint density at radius 1 is 1.35 bits per heavy atom. The summed E-state index contributed by atoms with van der Waals surface area (Å²) >= 11 is 0. The number of guanidine groups is 1. The van der Waals surface area contributed by atoms with E-state index >= 15 is 0 Å². The van der Waals surface area contributed by atoms with E-state index in [1.54, 1.807) is 6.08 Å². The molecule has 0 amide bonds. The van der Waals surface area contributed by atoms with E-state index in [0.29, 0.717) is 0 Å². The van der Waals surface area contributed by atoms with E-state index in [4.69, 9.17) is 11.5 Å². The highest BCUT2D eigenvalue weighted by Crippen LogP contribution is 2.13. The summed E-state index contributed by atoms with van der Waals surface area (Å²) in [6, 6.07) is -0.0588. The summed E-state index contributed by atoms with van der Waals surface area (Å²) in [6.45, 7) is 7.85. The molecule has 94 valence electrons. The Balaban J connectivity index is 4.93. The Hall–Kier alpha value is -1.77. The fourth-order valence-corrected chi connectivity index (χ4v) is 1.36. The van der Waals surface area contributed by atoms with Crippen LogP contribution in [0, 0.1) is 0 Å². The fraction of sp³-hybridized carbons (Fsp3) is 0.357. The van der Waals surface area contributed by atoms with Crippen molar-refractivity contribution in [2.24, 2.45) is 16.5 Å². The van der Waals surface area contributed by atoms with Crippen LogP contribution in [0.1, 0.15) is 26.7 Å². The van der Waals surface area contributed by atoms with Crippen molar-refractivity contribution in [1.82, 2.24) is 0 Å². The molecule has 0 aromatic heterocycles. The molecule has 0 heterocycles. The number of aliphatic imine (C=N–C) groups is 1. The van der Waals surface area contributed by atoms with Gasteiger partial charge in [0.15, 0.2) is 5.96 Å². The van der Waals surface area contributed by atoms with Gasteiger partial charge in [-0.25, -0.2) is 4.99 Å². The van der Waals surface area contributed by atoms with Crippen molar-refractivity contribution in [1.29, 1.82) is 0 Å². The molecular formula is C14H23N3. The van der Waals surface area contributed by atoms with Gasteiger partial charge in [0.25, 0.3) is 0 Å². The van der Waals surface area contributed by atoms with E-state index < -0.39 is 0 Å². The Morgan fingerprint density at radius 3 is 2.53 bits per heavy atom. The number of rotatable bonds is 7. The molecular weight excluding hydrogens is 210 g/mol. The number of hydrogen-bond donors (Lipinski definition) is 2. The highest BCUT2D eigenvalue weighted by atomic mass is 15.0. The van der Waals surface area contributed by atoms with Crippen molar-refractivity contribution in [3.05, 3.63) is 48.6 Å². The fourth-order valence-electron chi connectivity index (χ4n) is 1.36. The van der Waals surface area contributed by atoms with Crippen molar-refractivity contribution in [3.8, 4) is 0 Å². The third kappa shape index (κ3) is 7.17. The Bertz CT molecular complexity index is 331. The van der Waals surface area contributed by atoms with Gasteiger partial charge in [-0.15, -0.1) is 0 Å². The van der Waals surface area contributed by atoms with Gasteiger partial charge >= 0.3 is 0 Å². The lowest BCUT2D eigenvalue weighted by Gasteiger charge is -2.11. The van der Waals surface area contributed by atoms with Gasteiger partial charge in [0, 0.05) is 0 Å². The molecule has 3 heteroatoms. The molecule has 0 aromatic carbocycles. The molecule has 0 saturated heterocycles. The lowest BCUT2D eigenvalue weighted by atomic mass is 10.0. The van der Waals surface area contributed by atoms with Crippen LogP contribution in [-0.2, 0) is 0 Å². The zero-order chi connectivity index (χ0) is 13.1. The highest BCUT2D eigenvalue weighted by molar-refractivity contribution is 5.76. The Kier molecular flexibility index (Phi) is 8.47. The first kappa shape index (κ1) is 15.2. The standard InChI is InChI=1S/C14H23N3/c1-4-7-9-11-13(17-14(15)16)12(6-3)10-8-5-2/h5-10,13H,3-4,11H2,1-2H3,(H4,15,16,17)/b8-5-,9-7-,12-10+. The quantitative estimate of drug-likeness (QED) is 0.307. The van der Waals surface area contributed by atoms with Gasteiger partial charge in [-0.2, -0.15) is 0 Å². The van der Waals surface area contributed by atoms with Crippen LogP contribution in [0.5, 0.6) is 0 Å². The molecule has 0 aliphatic carbocycles. The van der Waals surface area contributed by atoms with Gasteiger partial charge in [-0.3, -0.25) is 0 Å². The summed E-state index contributed by atoms with van der Waals surface area (Å²) in [4.78, 5) is 4.22. The highest BCUT2D eigenvalue weighted by Gasteiger charge is 2.08. The van der Waals surface area contributed by atoms with Crippen LogP contribution >= 0.6 is 0 Å². The second-order valence-corrected chi connectivity index (χ2v) is 3.58. The minimum absolute atomic E-state index is 0.0588. The van der Waals surface area contributed by atoms with Crippen molar-refractivity contribution >= 4 is 5.96 Å². The molecule has 0 aliphatic heterocycles. The van der Waals surface area contributed by atoms with Crippen molar-refractivity contribution in [2.75, 3.05) is 0 Å². The third-order valence-electron chi connectivity index (χ3n) is 2.17. The first-order valence-corrected chi connectivity index (χ1v) is 5.84. The second kappa shape index (κ2) is 9.46. The summed E-state index contributed by atoms with van der Waals surface area (Å²) in [5.41, 5.74) is 11.9. The third-order valence-corrected chi connectivity index (χ3v) is 2.17. The Morgan fingerprint density at radius 2 is 2.06 bits per heavy atom. The number of nitrogens with zero attached hydrogens (tertiary/aromatic N) is 1. The van der Waals surface area contributed by atoms with Gasteiger partial charge in [0.05, 0.1) is 6.04 Å². The predicted octanol–water partition coefficient (Wildman–Crippen LogP) is 2.67. The summed E-state index contributed by atoms with van der Waals surface area (Å²) in [5, 5.41) is 0. The average molecular weight is 233 g/mol. The van der Waals surface area contributed by atoms with Crippen molar-refractivity contribution < 1.29 is 0 Å². The lowest BCUT2D eigenvalue weighted by Crippen LogP contribution is -2.26. The van der Waals surface area contributed by atoms with Crippen LogP contribution in [0.25, 0.3) is 0 Å². The van der Waals surface area contributed by atoms with Gasteiger partial charge in [-0.05, 0) is 25.3 Å². The number of allylic oxidation sites excluding steroid dienone is 4. The molecule has 0 spiro atoms. The molecule has 4 N–H and O–H groups in total. The van der Waals surface area contributed by atoms with E-state index in [2.05, 4.69) is 30.6 Å². The first-order valence-electron chi connectivity index (χ1n) is 5.84. The van der Waals surface area contributed by atoms with E-state index in [0.717, 1.165) is 18.4 Å². The molecule has 0 bridgehead atoms. The zero-order valence-corrected chi connectivity index (χ0v) is 10.8. The molecule has 0 radical (unpaired) electrons. The largest absolute Gasteiger partial charge is 0.370 e. The minimum Gasteiger partial charge on any atom is -0.370 e. The Labute approximate surface area is 104 Å². The van der Waals surface area contributed by atoms with E-state index in [-0.39, 0.29) is 12.0 Å². The van der Waals surface area contributed by atoms with Crippen molar-refractivity contribution in [3.63, 3.8) is 0 Å². The normalized spacial score (nSPS) is 14.1. The summed E-state index contributed by atoms with van der Waals surface area (Å²) in [5.74, 6) is 0.105. The molecule has 0 rings (SSSR count). The SMILES string of the molecule is C=C/C(=C\C=C/C)C(C/C=C\CC)N=C(N)N. The number of nitrogens with two attached hydrogens (primary N) is 2. The predicted molar refractivity (Wildman–Crippen MR) is 76.7 cm³/mol. The van der Waals surface area contributed by atoms with Gasteiger partial charge in [-0.1, -0.05) is 50.0 Å². The van der Waals surface area contributed by atoms with Crippen LogP contribution in [-0.4, -0.2) is 12.0 Å². The lowest BCUT2D eigenvalue weighted by molar-refractivity contribution is 0.798. The van der Waals surface area contributed by atoms with Gasteiger partial charge < -0.3 is 11.5 Å². The van der Waals surface area contributed by atoms with Gasteiger partial charge in [0.2, 0.25) is 0 Å². The molecule has 1 atom stereocenters. The van der Waals surface area contributed by atoms with E-state index in [9.17, 15) is 0 Å². The molecule has 1 unspecified atom stereocenters. The van der Waals surface area contributed by atoms with Crippen LogP contribution in [0.15, 0.2) is 53.6 Å². The summed E-state index contributed by atoms with van der Waals surface area (Å²) < 4.78 is 0. The molecule has 3 nitrogen and oxygen atoms in total. The average Bonchev–Trinajstić information content (AvgIpc) is 2.29. The smallest absolute Gasteiger partial charge is 0.186 e. The monoisotopic (exact) mass is 233 g/mol. The second-order valence-electron chi connectivity index (χ2n) is 3.58. The maximum absolute atomic E-state index is 5.44. The maximum atomic E-state index is 5.44. The summed E-state index contributed by atoms with van der Waals surface area (Å²) in [6.07, 6.45) is 13.7.